The molecule has 184 valence electrons. The average molecular weight is 485 g/mol. The van der Waals surface area contributed by atoms with Gasteiger partial charge in [0.1, 0.15) is 11.6 Å². The number of nitrogens with one attached hydrogen (secondary N) is 2. The van der Waals surface area contributed by atoms with E-state index in [2.05, 4.69) is 15.6 Å². The summed E-state index contributed by atoms with van der Waals surface area (Å²) in [6.45, 7) is 2.15. The van der Waals surface area contributed by atoms with Crippen molar-refractivity contribution in [3.8, 4) is 5.75 Å². The van der Waals surface area contributed by atoms with Gasteiger partial charge in [0.25, 0.3) is 11.5 Å². The van der Waals surface area contributed by atoms with E-state index in [4.69, 9.17) is 4.74 Å². The third kappa shape index (κ3) is 5.02. The molecule has 0 spiro atoms. The number of piperidine rings is 1. The number of pyridine rings is 2. The van der Waals surface area contributed by atoms with Gasteiger partial charge in [-0.15, -0.1) is 0 Å². The smallest absolute Gasteiger partial charge is 0.263 e. The molecule has 2 aliphatic rings. The summed E-state index contributed by atoms with van der Waals surface area (Å²) in [4.78, 5) is 30.3. The van der Waals surface area contributed by atoms with Gasteiger partial charge in [-0.05, 0) is 37.2 Å². The molecule has 2 aliphatic heterocycles. The fourth-order valence-electron chi connectivity index (χ4n) is 4.57. The molecule has 0 saturated carbocycles. The van der Waals surface area contributed by atoms with Gasteiger partial charge in [0, 0.05) is 49.7 Å². The van der Waals surface area contributed by atoms with Crippen LogP contribution in [0.1, 0.15) is 12.1 Å². The second-order valence-electron chi connectivity index (χ2n) is 8.77. The Morgan fingerprint density at radius 1 is 1.17 bits per heavy atom. The highest BCUT2D eigenvalue weighted by Gasteiger charge is 2.27. The maximum Gasteiger partial charge on any atom is 0.263 e. The molecule has 35 heavy (non-hydrogen) atoms. The lowest BCUT2D eigenvalue weighted by Gasteiger charge is -2.36. The molecular weight excluding hydrogens is 460 g/mol. The first-order valence-electron chi connectivity index (χ1n) is 11.4. The van der Waals surface area contributed by atoms with E-state index >= 15 is 0 Å². The van der Waals surface area contributed by atoms with Crippen LogP contribution in [0.2, 0.25) is 0 Å². The van der Waals surface area contributed by atoms with E-state index in [1.54, 1.807) is 12.1 Å². The number of likely N-dealkylation sites (tertiary alicyclic amines) is 1. The van der Waals surface area contributed by atoms with Crippen LogP contribution in [0, 0.1) is 11.6 Å². The zero-order valence-electron chi connectivity index (χ0n) is 18.8. The molecule has 1 fully saturated rings. The van der Waals surface area contributed by atoms with Crippen LogP contribution in [-0.2, 0) is 17.9 Å². The summed E-state index contributed by atoms with van der Waals surface area (Å²) >= 11 is 0. The minimum Gasteiger partial charge on any atom is -0.480 e. The number of halogens is 2. The third-order valence-corrected chi connectivity index (χ3v) is 6.41. The summed E-state index contributed by atoms with van der Waals surface area (Å²) in [5.41, 5.74) is 0.587. The van der Waals surface area contributed by atoms with Crippen molar-refractivity contribution in [1.29, 1.82) is 0 Å². The van der Waals surface area contributed by atoms with Crippen molar-refractivity contribution in [2.75, 3.05) is 31.6 Å². The number of carbonyl (C=O) groups is 1. The molecule has 5 rings (SSSR count). The van der Waals surface area contributed by atoms with Crippen LogP contribution in [0.3, 0.4) is 0 Å². The molecule has 1 amide bonds. The fourth-order valence-corrected chi connectivity index (χ4v) is 4.57. The van der Waals surface area contributed by atoms with Crippen molar-refractivity contribution in [1.82, 2.24) is 19.8 Å². The van der Waals surface area contributed by atoms with E-state index in [1.807, 2.05) is 4.90 Å². The molecule has 2 atom stereocenters. The van der Waals surface area contributed by atoms with E-state index in [0.29, 0.717) is 49.9 Å². The molecule has 2 aromatic heterocycles. The van der Waals surface area contributed by atoms with Crippen LogP contribution >= 0.6 is 0 Å². The summed E-state index contributed by atoms with van der Waals surface area (Å²) in [6, 6.07) is 8.01. The van der Waals surface area contributed by atoms with E-state index in [-0.39, 0.29) is 41.6 Å². The van der Waals surface area contributed by atoms with Gasteiger partial charge >= 0.3 is 0 Å². The van der Waals surface area contributed by atoms with E-state index < -0.39 is 17.7 Å². The lowest BCUT2D eigenvalue weighted by atomic mass is 10.0. The Hall–Kier alpha value is -3.41. The second kappa shape index (κ2) is 9.68. The highest BCUT2D eigenvalue weighted by atomic mass is 19.1. The molecule has 0 radical (unpaired) electrons. The first-order chi connectivity index (χ1) is 16.9. The lowest BCUT2D eigenvalue weighted by Crippen LogP contribution is -2.53. The van der Waals surface area contributed by atoms with E-state index in [0.717, 1.165) is 12.1 Å². The van der Waals surface area contributed by atoms with E-state index in [9.17, 15) is 23.5 Å². The third-order valence-electron chi connectivity index (χ3n) is 6.41. The van der Waals surface area contributed by atoms with Crippen LogP contribution in [0.25, 0.3) is 10.9 Å². The van der Waals surface area contributed by atoms with Crippen molar-refractivity contribution < 1.29 is 23.4 Å². The van der Waals surface area contributed by atoms with Crippen LogP contribution in [0.4, 0.5) is 14.6 Å². The maximum absolute atomic E-state index is 14.1. The molecule has 3 N–H and O–H groups in total. The van der Waals surface area contributed by atoms with Gasteiger partial charge in [0.2, 0.25) is 0 Å². The zero-order chi connectivity index (χ0) is 24.5. The SMILES string of the molecule is O=C1COc2ccc(CN[C@@H]3CCN(CCn4c(=O)ccc5c(F)cc(F)cc54)CC3O)nc2N1. The Balaban J connectivity index is 1.18. The largest absolute Gasteiger partial charge is 0.480 e. The van der Waals surface area contributed by atoms with Gasteiger partial charge in [-0.2, -0.15) is 0 Å². The van der Waals surface area contributed by atoms with Crippen LogP contribution < -0.4 is 20.9 Å². The second-order valence-corrected chi connectivity index (χ2v) is 8.77. The van der Waals surface area contributed by atoms with Gasteiger partial charge in [-0.1, -0.05) is 0 Å². The number of amides is 1. The number of carbonyl (C=O) groups excluding carboxylic acids is 1. The highest BCUT2D eigenvalue weighted by molar-refractivity contribution is 5.94. The minimum atomic E-state index is -0.736. The highest BCUT2D eigenvalue weighted by Crippen LogP contribution is 2.25. The molecule has 0 aliphatic carbocycles. The number of ether oxygens (including phenoxy) is 1. The number of fused-ring (bicyclic) bond motifs is 2. The number of aliphatic hydroxyl groups is 1. The topological polar surface area (TPSA) is 109 Å². The Bertz CT molecular complexity index is 1330. The van der Waals surface area contributed by atoms with Crippen molar-refractivity contribution in [3.05, 3.63) is 64.1 Å². The van der Waals surface area contributed by atoms with E-state index in [1.165, 1.54) is 16.7 Å². The summed E-state index contributed by atoms with van der Waals surface area (Å²) < 4.78 is 34.5. The molecule has 4 heterocycles. The maximum atomic E-state index is 14.1. The van der Waals surface area contributed by atoms with Gasteiger partial charge in [-0.3, -0.25) is 14.5 Å². The summed E-state index contributed by atoms with van der Waals surface area (Å²) in [5.74, 6) is -0.782. The van der Waals surface area contributed by atoms with Crippen molar-refractivity contribution in [3.63, 3.8) is 0 Å². The van der Waals surface area contributed by atoms with Gasteiger partial charge in [-0.25, -0.2) is 13.8 Å². The molecule has 3 aromatic rings. The lowest BCUT2D eigenvalue weighted by molar-refractivity contribution is -0.118. The Kier molecular flexibility index (Phi) is 6.46. The first kappa shape index (κ1) is 23.3. The Labute approximate surface area is 199 Å². The predicted octanol–water partition coefficient (Wildman–Crippen LogP) is 1.23. The van der Waals surface area contributed by atoms with Crippen LogP contribution in [-0.4, -0.2) is 63.9 Å². The number of hydrogen-bond acceptors (Lipinski definition) is 7. The number of hydrogen-bond donors (Lipinski definition) is 3. The average Bonchev–Trinajstić information content (AvgIpc) is 2.82. The minimum absolute atomic E-state index is 0.0278. The summed E-state index contributed by atoms with van der Waals surface area (Å²) in [6.07, 6.45) is 0.0168. The quantitative estimate of drug-likeness (QED) is 0.482. The molecule has 1 saturated heterocycles. The molecule has 0 bridgehead atoms. The molecule has 9 nitrogen and oxygen atoms in total. The number of nitrogens with zero attached hydrogens (tertiary/aromatic N) is 3. The summed E-state index contributed by atoms with van der Waals surface area (Å²) in [7, 11) is 0. The predicted molar refractivity (Wildman–Crippen MR) is 124 cm³/mol. The molecule has 1 aromatic carbocycles. The standard InChI is InChI=1S/C24H25F2N5O4/c25-14-9-17(26)16-2-4-23(34)31(19(16)10-14)8-7-30-6-5-18(20(32)12-30)27-11-15-1-3-21-24(28-15)29-22(33)13-35-21/h1-4,9-10,18,20,27,32H,5-8,11-13H2,(H,28,29,33)/t18-,20?/m1/s1. The Morgan fingerprint density at radius 3 is 2.86 bits per heavy atom. The number of rotatable bonds is 6. The van der Waals surface area contributed by atoms with Gasteiger partial charge < -0.3 is 25.0 Å². The van der Waals surface area contributed by atoms with Crippen molar-refractivity contribution in [2.24, 2.45) is 0 Å². The molecule has 11 heteroatoms. The number of aliphatic hydroxyl groups excluding tert-OH is 1. The van der Waals surface area contributed by atoms with Crippen molar-refractivity contribution in [2.45, 2.75) is 31.7 Å². The van der Waals surface area contributed by atoms with Gasteiger partial charge in [0.05, 0.1) is 17.3 Å². The summed E-state index contributed by atoms with van der Waals surface area (Å²) in [5, 5.41) is 16.9. The van der Waals surface area contributed by atoms with Crippen molar-refractivity contribution >= 4 is 22.6 Å². The Morgan fingerprint density at radius 2 is 2.03 bits per heavy atom. The number of aromatic nitrogens is 2. The van der Waals surface area contributed by atoms with Crippen LogP contribution in [0.5, 0.6) is 5.75 Å². The first-order valence-corrected chi connectivity index (χ1v) is 11.4. The van der Waals surface area contributed by atoms with Crippen LogP contribution in [0.15, 0.2) is 41.2 Å². The number of benzene rings is 1. The molecule has 1 unspecified atom stereocenters. The molecular formula is C24H25F2N5O4. The number of anilines is 1. The monoisotopic (exact) mass is 485 g/mol. The van der Waals surface area contributed by atoms with Gasteiger partial charge in [0.15, 0.2) is 18.2 Å². The zero-order valence-corrected chi connectivity index (χ0v) is 18.8. The number of β-amino-alcohol motifs (C(OH)–C–C–N with tert-alkyl or cyclic N) is 1. The normalized spacial score (nSPS) is 20.4. The fraction of sp³-hybridized carbons (Fsp3) is 0.375.